The van der Waals surface area contributed by atoms with Crippen molar-refractivity contribution >= 4 is 76.7 Å². The van der Waals surface area contributed by atoms with E-state index in [1.54, 1.807) is 52.8 Å². The van der Waals surface area contributed by atoms with Crippen LogP contribution in [0.15, 0.2) is 92.0 Å². The van der Waals surface area contributed by atoms with Crippen LogP contribution in [0.4, 0.5) is 50.1 Å². The predicted molar refractivity (Wildman–Crippen MR) is 277 cm³/mol. The molecule has 3 fully saturated rings. The third kappa shape index (κ3) is 10.5. The number of ether oxygens (including phenoxy) is 1. The van der Waals surface area contributed by atoms with Gasteiger partial charge in [-0.1, -0.05) is 11.6 Å². The topological polar surface area (TPSA) is 230 Å². The number of hydrogen-bond acceptors (Lipinski definition) is 16. The largest absolute Gasteiger partial charge is 0.494 e. The number of halogens is 1. The number of carbonyl (C=O) groups is 2. The first kappa shape index (κ1) is 50.7. The van der Waals surface area contributed by atoms with Gasteiger partial charge in [-0.3, -0.25) is 35.2 Å². The highest BCUT2D eigenvalue weighted by atomic mass is 35.5. The lowest BCUT2D eigenvalue weighted by Gasteiger charge is -2.35. The first-order chi connectivity index (χ1) is 35.7. The van der Waals surface area contributed by atoms with Crippen molar-refractivity contribution in [1.29, 1.82) is 5.26 Å². The van der Waals surface area contributed by atoms with Crippen molar-refractivity contribution in [3.63, 3.8) is 0 Å². The molecular formula is C50H53BClN16O6+. The van der Waals surface area contributed by atoms with E-state index in [0.717, 1.165) is 55.9 Å². The SMILES string of the molecule is CCOc1ncc(-c2ccc3c(n2)N(C(=O)Nc2cnccn2)[C@H]2CCN3C2)cc1C#N.O=C(Nc1cnccn1)N1c2nc(Cl)ccc2N2CC[C@H]1C2.[C-]#[N+]c1cc(B2OC(C)(C)C(C)(C)O2)cc[n+]1OCC. The minimum absolute atomic E-state index is 0.00930. The van der Waals surface area contributed by atoms with E-state index in [1.165, 1.54) is 29.5 Å². The second kappa shape index (κ2) is 21.5. The van der Waals surface area contributed by atoms with E-state index < -0.39 is 7.12 Å². The molecule has 0 radical (unpaired) electrons. The molecule has 11 heterocycles. The fraction of sp³-hybridized carbons (Fsp3) is 0.360. The molecule has 11 rings (SSSR count). The van der Waals surface area contributed by atoms with Crippen LogP contribution in [0.25, 0.3) is 16.1 Å². The van der Waals surface area contributed by atoms with Crippen molar-refractivity contribution in [2.24, 2.45) is 0 Å². The minimum atomic E-state index is -0.461. The third-order valence-corrected chi connectivity index (χ3v) is 13.5. The maximum Gasteiger partial charge on any atom is 0.494 e. The molecule has 0 aromatic carbocycles. The molecule has 74 heavy (non-hydrogen) atoms. The molecule has 6 aromatic rings. The fourth-order valence-corrected chi connectivity index (χ4v) is 9.16. The van der Waals surface area contributed by atoms with E-state index in [2.05, 4.69) is 61.3 Å². The maximum absolute atomic E-state index is 13.2. The monoisotopic (exact) mass is 1020 g/mol. The van der Waals surface area contributed by atoms with Crippen LogP contribution in [-0.2, 0) is 9.31 Å². The van der Waals surface area contributed by atoms with Gasteiger partial charge in [-0.05, 0) is 90.2 Å². The minimum Gasteiger partial charge on any atom is -0.477 e. The van der Waals surface area contributed by atoms with Gasteiger partial charge in [0.2, 0.25) is 12.1 Å². The predicted octanol–water partition coefficient (Wildman–Crippen LogP) is 6.26. The summed E-state index contributed by atoms with van der Waals surface area (Å²) in [4.78, 5) is 72.1. The van der Waals surface area contributed by atoms with Crippen molar-refractivity contribution < 1.29 is 33.2 Å². The van der Waals surface area contributed by atoms with E-state index in [4.69, 9.17) is 42.0 Å². The van der Waals surface area contributed by atoms with Gasteiger partial charge in [0.25, 0.3) is 0 Å². The number of carbonyl (C=O) groups excluding carboxylic acids is 2. The molecule has 5 aliphatic heterocycles. The van der Waals surface area contributed by atoms with Crippen LogP contribution in [0.3, 0.4) is 0 Å². The number of rotatable bonds is 8. The summed E-state index contributed by atoms with van der Waals surface area (Å²) < 4.78 is 18.8. The second-order valence-electron chi connectivity index (χ2n) is 18.5. The molecule has 24 heteroatoms. The molecule has 0 saturated carbocycles. The Hall–Kier alpha value is -8.25. The summed E-state index contributed by atoms with van der Waals surface area (Å²) in [6.45, 7) is 23.2. The van der Waals surface area contributed by atoms with Gasteiger partial charge in [0.15, 0.2) is 29.9 Å². The van der Waals surface area contributed by atoms with Crippen molar-refractivity contribution in [3.8, 4) is 23.2 Å². The standard InChI is InChI=1S/C22H20N8O2.C14H20BN2O3.C14H13ClN6O/c1-2-32-21-14(10-23)9-15(11-26-21)17-3-4-18-20(27-17)30(16-5-8-29(18)13-16)22(31)28-19-12-24-6-7-25-19;1-7-18-17-9-8-11(10-12(17)16-6)15-19-13(2,3)14(4,5)20-15;15-11-2-1-10-13(18-11)21(9-3-6-20(10)8-9)14(22)19-12-7-16-4-5-17-12/h3-4,6-7,9,11-12,16H,2,5,8,13H2,1H3,(H,25,28,31);8-10H,7H2,1-5H3;1-2,4-5,7,9H,3,6,8H2,(H,17,19,22)/q;+1;/t16-;;9-/m0.0/s1. The number of nitrogens with zero attached hydrogens (tertiary/aromatic N) is 14. The second-order valence-corrected chi connectivity index (χ2v) is 18.8. The number of anilines is 6. The number of pyridine rings is 4. The summed E-state index contributed by atoms with van der Waals surface area (Å²) in [7, 11) is -0.461. The van der Waals surface area contributed by atoms with Crippen molar-refractivity contribution in [2.45, 2.75) is 77.7 Å². The summed E-state index contributed by atoms with van der Waals surface area (Å²) in [5.74, 6) is 2.67. The average molecular weight is 1020 g/mol. The molecule has 0 aliphatic carbocycles. The highest BCUT2D eigenvalue weighted by molar-refractivity contribution is 6.62. The number of amides is 4. The Kier molecular flexibility index (Phi) is 14.7. The van der Waals surface area contributed by atoms with E-state index >= 15 is 0 Å². The number of aromatic nitrogens is 8. The highest BCUT2D eigenvalue weighted by Crippen LogP contribution is 2.42. The van der Waals surface area contributed by atoms with E-state index in [0.29, 0.717) is 70.2 Å². The van der Waals surface area contributed by atoms with Gasteiger partial charge in [-0.15, -0.1) is 0 Å². The van der Waals surface area contributed by atoms with Gasteiger partial charge < -0.3 is 23.8 Å². The summed E-state index contributed by atoms with van der Waals surface area (Å²) in [5, 5.41) is 15.4. The van der Waals surface area contributed by atoms with Crippen LogP contribution < -0.4 is 50.0 Å². The van der Waals surface area contributed by atoms with Crippen LogP contribution in [0.2, 0.25) is 5.15 Å². The first-order valence-corrected chi connectivity index (χ1v) is 24.4. The molecule has 378 valence electrons. The lowest BCUT2D eigenvalue weighted by molar-refractivity contribution is -0.878. The normalized spacial score (nSPS) is 18.0. The number of hydrogen-bond donors (Lipinski definition) is 2. The van der Waals surface area contributed by atoms with Crippen molar-refractivity contribution in [3.05, 3.63) is 114 Å². The van der Waals surface area contributed by atoms with Crippen LogP contribution in [0.1, 0.15) is 59.9 Å². The van der Waals surface area contributed by atoms with E-state index in [9.17, 15) is 14.9 Å². The number of nitrogens with one attached hydrogen (secondary N) is 2. The molecule has 2 atom stereocenters. The summed E-state index contributed by atoms with van der Waals surface area (Å²) in [6, 6.07) is 14.5. The molecule has 2 N–H and O–H groups in total. The summed E-state index contributed by atoms with van der Waals surface area (Å²) >= 11 is 6.01. The molecule has 3 saturated heterocycles. The Balaban J connectivity index is 0.000000142. The zero-order valence-electron chi connectivity index (χ0n) is 41.6. The lowest BCUT2D eigenvalue weighted by atomic mass is 9.80. The number of nitriles is 1. The molecule has 0 unspecified atom stereocenters. The molecule has 22 nitrogen and oxygen atoms in total. The maximum atomic E-state index is 13.2. The average Bonchev–Trinajstić information content (AvgIpc) is 4.08. The Bertz CT molecular complexity index is 3110. The van der Waals surface area contributed by atoms with Gasteiger partial charge in [0.1, 0.15) is 23.4 Å². The smallest absolute Gasteiger partial charge is 0.477 e. The summed E-state index contributed by atoms with van der Waals surface area (Å²) in [6.07, 6.45) is 14.3. The third-order valence-electron chi connectivity index (χ3n) is 13.3. The highest BCUT2D eigenvalue weighted by Gasteiger charge is 2.52. The Morgan fingerprint density at radius 2 is 1.43 bits per heavy atom. The van der Waals surface area contributed by atoms with Crippen molar-refractivity contribution in [2.75, 3.05) is 69.6 Å². The van der Waals surface area contributed by atoms with E-state index in [1.807, 2.05) is 65.8 Å². The van der Waals surface area contributed by atoms with Gasteiger partial charge >= 0.3 is 25.0 Å². The van der Waals surface area contributed by atoms with Gasteiger partial charge in [-0.2, -0.15) is 10.1 Å². The molecular weight excluding hydrogens is 967 g/mol. The Labute approximate surface area is 433 Å². The Morgan fingerprint density at radius 3 is 1.97 bits per heavy atom. The van der Waals surface area contributed by atoms with Crippen LogP contribution in [0, 0.1) is 17.9 Å². The van der Waals surface area contributed by atoms with Crippen molar-refractivity contribution in [1.82, 2.24) is 34.9 Å². The zero-order valence-corrected chi connectivity index (χ0v) is 42.4. The molecule has 6 aromatic heterocycles. The first-order valence-electron chi connectivity index (χ1n) is 24.1. The van der Waals surface area contributed by atoms with Crippen LogP contribution in [0.5, 0.6) is 5.88 Å². The van der Waals surface area contributed by atoms with Gasteiger partial charge in [0.05, 0.1) is 59.4 Å². The lowest BCUT2D eigenvalue weighted by Crippen LogP contribution is -2.48. The fourth-order valence-electron chi connectivity index (χ4n) is 9.02. The summed E-state index contributed by atoms with van der Waals surface area (Å²) in [5.41, 5.74) is 3.52. The molecule has 0 spiro atoms. The molecule has 4 amide bonds. The van der Waals surface area contributed by atoms with Gasteiger partial charge in [0, 0.05) is 79.6 Å². The van der Waals surface area contributed by atoms with E-state index in [-0.39, 0.29) is 35.3 Å². The quantitative estimate of drug-likeness (QED) is 0.0741. The van der Waals surface area contributed by atoms with Crippen LogP contribution >= 0.6 is 11.6 Å². The van der Waals surface area contributed by atoms with Crippen LogP contribution in [-0.4, -0.2) is 117 Å². The number of urea groups is 2. The molecule has 4 bridgehead atoms. The molecule has 5 aliphatic rings. The zero-order chi connectivity index (χ0) is 52.1. The van der Waals surface area contributed by atoms with Gasteiger partial charge in [-0.25, -0.2) is 34.5 Å². The number of fused-ring (bicyclic) bond motifs is 8. The Morgan fingerprint density at radius 1 is 0.838 bits per heavy atom.